The highest BCUT2D eigenvalue weighted by atomic mass is 127. The lowest BCUT2D eigenvalue weighted by Crippen LogP contribution is -2.46. The minimum absolute atomic E-state index is 0. The molecular formula is C22H34FIN6. The fraction of sp³-hybridized carbons (Fsp3) is 0.500. The molecule has 1 aliphatic rings. The van der Waals surface area contributed by atoms with E-state index in [4.69, 9.17) is 0 Å². The smallest absolute Gasteiger partial charge is 0.194 e. The summed E-state index contributed by atoms with van der Waals surface area (Å²) >= 11 is 0. The quantitative estimate of drug-likeness (QED) is 0.356. The van der Waals surface area contributed by atoms with Gasteiger partial charge in [0.05, 0.1) is 12.2 Å². The van der Waals surface area contributed by atoms with E-state index in [0.717, 1.165) is 50.8 Å². The first kappa shape index (κ1) is 24.5. The number of likely N-dealkylation sites (N-methyl/N-ethyl adjacent to an activating group) is 1. The number of benzene rings is 1. The van der Waals surface area contributed by atoms with Crippen molar-refractivity contribution in [1.82, 2.24) is 19.7 Å². The normalized spacial score (nSPS) is 15.1. The summed E-state index contributed by atoms with van der Waals surface area (Å²) in [5.41, 5.74) is 2.82. The van der Waals surface area contributed by atoms with Gasteiger partial charge in [-0.25, -0.2) is 4.39 Å². The van der Waals surface area contributed by atoms with Crippen LogP contribution in [0.25, 0.3) is 0 Å². The van der Waals surface area contributed by atoms with Crippen LogP contribution in [0.4, 0.5) is 10.1 Å². The van der Waals surface area contributed by atoms with Crippen molar-refractivity contribution < 1.29 is 4.39 Å². The molecule has 0 spiro atoms. The van der Waals surface area contributed by atoms with Crippen molar-refractivity contribution in [3.05, 3.63) is 53.6 Å². The van der Waals surface area contributed by atoms with Crippen molar-refractivity contribution >= 4 is 35.6 Å². The molecule has 0 unspecified atom stereocenters. The molecule has 3 rings (SSSR count). The van der Waals surface area contributed by atoms with Gasteiger partial charge in [0.25, 0.3) is 0 Å². The van der Waals surface area contributed by atoms with Crippen LogP contribution in [0.3, 0.4) is 0 Å². The lowest BCUT2D eigenvalue weighted by molar-refractivity contribution is 0.270. The Balaban J connectivity index is 0.00000320. The maximum absolute atomic E-state index is 14.7. The molecule has 8 heteroatoms. The van der Waals surface area contributed by atoms with E-state index in [1.165, 1.54) is 5.69 Å². The summed E-state index contributed by atoms with van der Waals surface area (Å²) in [6.07, 6.45) is 2.03. The second-order valence-corrected chi connectivity index (χ2v) is 7.57. The summed E-state index contributed by atoms with van der Waals surface area (Å²) in [6, 6.07) is 9.68. The monoisotopic (exact) mass is 528 g/mol. The third-order valence-electron chi connectivity index (χ3n) is 5.65. The zero-order valence-electron chi connectivity index (χ0n) is 18.4. The number of aromatic nitrogens is 1. The second kappa shape index (κ2) is 11.5. The highest BCUT2D eigenvalue weighted by molar-refractivity contribution is 14.0. The molecule has 0 radical (unpaired) electrons. The average molecular weight is 528 g/mol. The Morgan fingerprint density at radius 2 is 1.93 bits per heavy atom. The predicted molar refractivity (Wildman–Crippen MR) is 133 cm³/mol. The summed E-state index contributed by atoms with van der Waals surface area (Å²) in [4.78, 5) is 11.0. The van der Waals surface area contributed by atoms with E-state index < -0.39 is 0 Å². The molecule has 0 aliphatic carbocycles. The number of rotatable bonds is 6. The van der Waals surface area contributed by atoms with Crippen LogP contribution in [-0.4, -0.2) is 67.1 Å². The van der Waals surface area contributed by atoms with Crippen molar-refractivity contribution in [2.75, 3.05) is 51.7 Å². The van der Waals surface area contributed by atoms with Gasteiger partial charge < -0.3 is 24.6 Å². The summed E-state index contributed by atoms with van der Waals surface area (Å²) < 4.78 is 16.8. The molecule has 1 fully saturated rings. The van der Waals surface area contributed by atoms with E-state index in [1.54, 1.807) is 13.1 Å². The van der Waals surface area contributed by atoms with Gasteiger partial charge in [-0.1, -0.05) is 13.0 Å². The van der Waals surface area contributed by atoms with Gasteiger partial charge in [-0.3, -0.25) is 4.99 Å². The van der Waals surface area contributed by atoms with Crippen molar-refractivity contribution in [2.45, 2.75) is 20.0 Å². The lowest BCUT2D eigenvalue weighted by Gasteiger charge is -2.35. The minimum Gasteiger partial charge on any atom is -0.367 e. The van der Waals surface area contributed by atoms with E-state index in [9.17, 15) is 4.39 Å². The van der Waals surface area contributed by atoms with Gasteiger partial charge in [0.1, 0.15) is 5.82 Å². The Morgan fingerprint density at radius 1 is 1.20 bits per heavy atom. The van der Waals surface area contributed by atoms with Crippen molar-refractivity contribution in [3.8, 4) is 0 Å². The van der Waals surface area contributed by atoms with Crippen LogP contribution in [0.2, 0.25) is 0 Å². The van der Waals surface area contributed by atoms with E-state index in [2.05, 4.69) is 42.6 Å². The predicted octanol–water partition coefficient (Wildman–Crippen LogP) is 3.13. The van der Waals surface area contributed by atoms with Crippen molar-refractivity contribution in [3.63, 3.8) is 0 Å². The van der Waals surface area contributed by atoms with Crippen LogP contribution in [0.5, 0.6) is 0 Å². The molecule has 1 aromatic carbocycles. The topological polar surface area (TPSA) is 39.0 Å². The zero-order valence-corrected chi connectivity index (χ0v) is 20.8. The molecule has 1 aromatic heterocycles. The maximum atomic E-state index is 14.7. The average Bonchev–Trinajstić information content (AvgIpc) is 3.13. The number of halogens is 2. The summed E-state index contributed by atoms with van der Waals surface area (Å²) in [7, 11) is 5.80. The number of hydrogen-bond acceptors (Lipinski definition) is 3. The fourth-order valence-electron chi connectivity index (χ4n) is 3.77. The van der Waals surface area contributed by atoms with Crippen LogP contribution in [-0.2, 0) is 20.1 Å². The van der Waals surface area contributed by atoms with Gasteiger partial charge in [0, 0.05) is 65.8 Å². The standard InChI is InChI=1S/C22H33FN6.HI/c1-5-28-11-13-29(14-12-28)21-9-8-18(15-20(21)23)16-25-22(24-2)27(4)17-19-7-6-10-26(19)3;/h6-10,15H,5,11-14,16-17H2,1-4H3,(H,24,25);1H. The molecule has 0 amide bonds. The number of aliphatic imine (C=N–C) groups is 1. The molecule has 1 saturated heterocycles. The van der Waals surface area contributed by atoms with Crippen molar-refractivity contribution in [2.24, 2.45) is 12.0 Å². The Kier molecular flexibility index (Phi) is 9.41. The summed E-state index contributed by atoms with van der Waals surface area (Å²) in [6.45, 7) is 8.24. The molecule has 166 valence electrons. The van der Waals surface area contributed by atoms with Crippen molar-refractivity contribution in [1.29, 1.82) is 0 Å². The first-order valence-electron chi connectivity index (χ1n) is 10.3. The van der Waals surface area contributed by atoms with Gasteiger partial charge in [-0.05, 0) is 36.4 Å². The van der Waals surface area contributed by atoms with E-state index in [1.807, 2.05) is 38.5 Å². The molecule has 30 heavy (non-hydrogen) atoms. The Bertz CT molecular complexity index is 829. The van der Waals surface area contributed by atoms with Crippen LogP contribution in [0.15, 0.2) is 41.5 Å². The number of nitrogens with one attached hydrogen (secondary N) is 1. The number of piperazine rings is 1. The van der Waals surface area contributed by atoms with E-state index in [0.29, 0.717) is 12.2 Å². The molecule has 1 aliphatic heterocycles. The number of anilines is 1. The Labute approximate surface area is 196 Å². The third-order valence-corrected chi connectivity index (χ3v) is 5.65. The zero-order chi connectivity index (χ0) is 20.8. The first-order chi connectivity index (χ1) is 14.0. The second-order valence-electron chi connectivity index (χ2n) is 7.57. The summed E-state index contributed by atoms with van der Waals surface area (Å²) in [5, 5.41) is 3.34. The van der Waals surface area contributed by atoms with Gasteiger partial charge in [0.15, 0.2) is 5.96 Å². The van der Waals surface area contributed by atoms with Crippen LogP contribution in [0.1, 0.15) is 18.2 Å². The van der Waals surface area contributed by atoms with Crippen LogP contribution < -0.4 is 10.2 Å². The number of hydrogen-bond donors (Lipinski definition) is 1. The molecular weight excluding hydrogens is 494 g/mol. The summed E-state index contributed by atoms with van der Waals surface area (Å²) in [5.74, 6) is 0.632. The minimum atomic E-state index is -0.151. The highest BCUT2D eigenvalue weighted by Crippen LogP contribution is 2.22. The molecule has 0 atom stereocenters. The molecule has 6 nitrogen and oxygen atoms in total. The van der Waals surface area contributed by atoms with Crippen LogP contribution in [0, 0.1) is 5.82 Å². The van der Waals surface area contributed by atoms with Gasteiger partial charge in [-0.15, -0.1) is 24.0 Å². The first-order valence-corrected chi connectivity index (χ1v) is 10.3. The van der Waals surface area contributed by atoms with Gasteiger partial charge in [0.2, 0.25) is 0 Å². The van der Waals surface area contributed by atoms with E-state index >= 15 is 0 Å². The fourth-order valence-corrected chi connectivity index (χ4v) is 3.77. The lowest BCUT2D eigenvalue weighted by atomic mass is 10.1. The molecule has 0 bridgehead atoms. The molecule has 2 aromatic rings. The van der Waals surface area contributed by atoms with E-state index in [-0.39, 0.29) is 29.8 Å². The largest absolute Gasteiger partial charge is 0.367 e. The Morgan fingerprint density at radius 3 is 2.50 bits per heavy atom. The maximum Gasteiger partial charge on any atom is 0.194 e. The molecule has 1 N–H and O–H groups in total. The Hall–Kier alpha value is -1.81. The van der Waals surface area contributed by atoms with Gasteiger partial charge >= 0.3 is 0 Å². The highest BCUT2D eigenvalue weighted by Gasteiger charge is 2.18. The number of nitrogens with zero attached hydrogens (tertiary/aromatic N) is 5. The molecule has 0 saturated carbocycles. The van der Waals surface area contributed by atoms with Crippen LogP contribution >= 0.6 is 24.0 Å². The third kappa shape index (κ3) is 6.10. The number of aryl methyl sites for hydroxylation is 1. The SMILES string of the molecule is CCN1CCN(c2ccc(CNC(=NC)N(C)Cc3cccn3C)cc2F)CC1.I. The number of guanidine groups is 1. The van der Waals surface area contributed by atoms with Gasteiger partial charge in [-0.2, -0.15) is 0 Å². The molecule has 2 heterocycles.